The summed E-state index contributed by atoms with van der Waals surface area (Å²) in [5.41, 5.74) is 2.22. The predicted molar refractivity (Wildman–Crippen MR) is 126 cm³/mol. The fourth-order valence-corrected chi connectivity index (χ4v) is 4.70. The number of rotatable bonds is 10. The smallest absolute Gasteiger partial charge is 0.264 e. The van der Waals surface area contributed by atoms with Gasteiger partial charge in [-0.25, -0.2) is 8.42 Å². The highest BCUT2D eigenvalue weighted by molar-refractivity contribution is 7.92. The largest absolute Gasteiger partial charge is 0.375 e. The molecule has 0 aliphatic rings. The summed E-state index contributed by atoms with van der Waals surface area (Å²) in [4.78, 5) is 12.7. The minimum absolute atomic E-state index is 0.0594. The molecular formula is C24H25ClN2O4S. The topological polar surface area (TPSA) is 75.7 Å². The van der Waals surface area contributed by atoms with E-state index in [-0.39, 0.29) is 18.0 Å². The van der Waals surface area contributed by atoms with Crippen molar-refractivity contribution in [1.29, 1.82) is 0 Å². The number of para-hydroxylation sites is 1. The molecule has 32 heavy (non-hydrogen) atoms. The van der Waals surface area contributed by atoms with Crippen LogP contribution in [0.1, 0.15) is 11.1 Å². The van der Waals surface area contributed by atoms with Gasteiger partial charge < -0.3 is 10.1 Å². The molecule has 8 heteroatoms. The molecule has 0 bridgehead atoms. The first-order chi connectivity index (χ1) is 15.4. The Kier molecular flexibility index (Phi) is 8.27. The molecular weight excluding hydrogens is 448 g/mol. The van der Waals surface area contributed by atoms with Gasteiger partial charge in [-0.05, 0) is 48.4 Å². The highest BCUT2D eigenvalue weighted by Gasteiger charge is 2.28. The fraction of sp³-hybridized carbons (Fsp3) is 0.208. The van der Waals surface area contributed by atoms with Crippen LogP contribution in [-0.2, 0) is 26.2 Å². The number of sulfonamides is 1. The molecule has 0 radical (unpaired) electrons. The Bertz CT molecular complexity index is 1140. The zero-order valence-electron chi connectivity index (χ0n) is 17.7. The van der Waals surface area contributed by atoms with Crippen molar-refractivity contribution in [3.63, 3.8) is 0 Å². The molecule has 0 unspecified atom stereocenters. The van der Waals surface area contributed by atoms with Crippen LogP contribution in [0.2, 0.25) is 5.02 Å². The van der Waals surface area contributed by atoms with Gasteiger partial charge in [-0.2, -0.15) is 0 Å². The van der Waals surface area contributed by atoms with Crippen LogP contribution in [0.4, 0.5) is 5.69 Å². The Balaban J connectivity index is 1.67. The maximum Gasteiger partial charge on any atom is 0.264 e. The van der Waals surface area contributed by atoms with Gasteiger partial charge in [0.2, 0.25) is 5.91 Å². The lowest BCUT2D eigenvalue weighted by atomic mass is 10.2. The number of hydrogen-bond acceptors (Lipinski definition) is 4. The van der Waals surface area contributed by atoms with Crippen LogP contribution >= 0.6 is 11.6 Å². The number of amides is 1. The van der Waals surface area contributed by atoms with Gasteiger partial charge in [0, 0.05) is 11.6 Å². The second-order valence-electron chi connectivity index (χ2n) is 7.14. The van der Waals surface area contributed by atoms with E-state index in [1.807, 2.05) is 36.4 Å². The number of carbonyl (C=O) groups excluding carboxylic acids is 1. The lowest BCUT2D eigenvalue weighted by molar-refractivity contribution is -0.119. The minimum Gasteiger partial charge on any atom is -0.375 e. The second-order valence-corrected chi connectivity index (χ2v) is 9.44. The maximum atomic E-state index is 13.3. The molecule has 1 N–H and O–H groups in total. The average Bonchev–Trinajstić information content (AvgIpc) is 2.79. The Labute approximate surface area is 193 Å². The molecule has 0 saturated heterocycles. The third kappa shape index (κ3) is 6.32. The van der Waals surface area contributed by atoms with Gasteiger partial charge in [-0.15, -0.1) is 0 Å². The summed E-state index contributed by atoms with van der Waals surface area (Å²) in [7, 11) is -3.98. The summed E-state index contributed by atoms with van der Waals surface area (Å²) in [6.45, 7) is 2.48. The fourth-order valence-electron chi connectivity index (χ4n) is 3.09. The molecule has 0 aliphatic carbocycles. The van der Waals surface area contributed by atoms with E-state index in [1.54, 1.807) is 25.1 Å². The average molecular weight is 473 g/mol. The molecule has 0 fully saturated rings. The van der Waals surface area contributed by atoms with Crippen molar-refractivity contribution in [3.8, 4) is 0 Å². The molecule has 0 heterocycles. The van der Waals surface area contributed by atoms with E-state index >= 15 is 0 Å². The third-order valence-corrected chi connectivity index (χ3v) is 6.78. The van der Waals surface area contributed by atoms with Crippen molar-refractivity contribution >= 4 is 33.2 Å². The summed E-state index contributed by atoms with van der Waals surface area (Å²) >= 11 is 5.91. The highest BCUT2D eigenvalue weighted by atomic mass is 35.5. The summed E-state index contributed by atoms with van der Waals surface area (Å²) in [5.74, 6) is -0.422. The summed E-state index contributed by atoms with van der Waals surface area (Å²) in [6, 6.07) is 22.6. The summed E-state index contributed by atoms with van der Waals surface area (Å²) in [5, 5.41) is 3.16. The number of ether oxygens (including phenoxy) is 1. The normalized spacial score (nSPS) is 11.2. The summed E-state index contributed by atoms with van der Waals surface area (Å²) < 4.78 is 33.4. The number of aryl methyl sites for hydroxylation is 1. The van der Waals surface area contributed by atoms with Crippen molar-refractivity contribution in [2.75, 3.05) is 24.0 Å². The van der Waals surface area contributed by atoms with Gasteiger partial charge in [0.25, 0.3) is 10.0 Å². The van der Waals surface area contributed by atoms with Crippen LogP contribution in [0.15, 0.2) is 83.8 Å². The SMILES string of the molecule is Cc1ccccc1N(CC(=O)NCCOCc1ccccc1)S(=O)(=O)c1ccc(Cl)cc1. The number of halogens is 1. The quantitative estimate of drug-likeness (QED) is 0.449. The third-order valence-electron chi connectivity index (χ3n) is 4.75. The number of hydrogen-bond donors (Lipinski definition) is 1. The lowest BCUT2D eigenvalue weighted by Gasteiger charge is -2.25. The molecule has 3 rings (SSSR count). The maximum absolute atomic E-state index is 13.3. The van der Waals surface area contributed by atoms with Gasteiger partial charge >= 0.3 is 0 Å². The van der Waals surface area contributed by atoms with E-state index < -0.39 is 15.9 Å². The molecule has 3 aromatic carbocycles. The van der Waals surface area contributed by atoms with E-state index in [1.165, 1.54) is 24.3 Å². The molecule has 0 aromatic heterocycles. The zero-order chi connectivity index (χ0) is 23.0. The molecule has 0 saturated carbocycles. The minimum atomic E-state index is -3.98. The van der Waals surface area contributed by atoms with Crippen LogP contribution in [0, 0.1) is 6.92 Å². The van der Waals surface area contributed by atoms with E-state index in [0.717, 1.165) is 15.4 Å². The van der Waals surface area contributed by atoms with Crippen molar-refractivity contribution in [3.05, 3.63) is 95.0 Å². The number of carbonyl (C=O) groups is 1. The Morgan fingerprint density at radius 3 is 2.31 bits per heavy atom. The number of nitrogens with one attached hydrogen (secondary N) is 1. The molecule has 3 aromatic rings. The molecule has 0 aliphatic heterocycles. The van der Waals surface area contributed by atoms with Gasteiger partial charge in [0.05, 0.1) is 23.8 Å². The van der Waals surface area contributed by atoms with Crippen LogP contribution in [-0.4, -0.2) is 34.0 Å². The lowest BCUT2D eigenvalue weighted by Crippen LogP contribution is -2.42. The number of benzene rings is 3. The van der Waals surface area contributed by atoms with Crippen LogP contribution < -0.4 is 9.62 Å². The van der Waals surface area contributed by atoms with E-state index in [2.05, 4.69) is 5.32 Å². The first-order valence-electron chi connectivity index (χ1n) is 10.1. The van der Waals surface area contributed by atoms with Crippen molar-refractivity contribution in [2.45, 2.75) is 18.4 Å². The molecule has 168 valence electrons. The van der Waals surface area contributed by atoms with Crippen LogP contribution in [0.5, 0.6) is 0 Å². The van der Waals surface area contributed by atoms with Gasteiger partial charge in [-0.1, -0.05) is 60.1 Å². The van der Waals surface area contributed by atoms with E-state index in [0.29, 0.717) is 23.9 Å². The predicted octanol–water partition coefficient (Wildman–Crippen LogP) is 4.18. The monoisotopic (exact) mass is 472 g/mol. The number of nitrogens with zero attached hydrogens (tertiary/aromatic N) is 1. The highest BCUT2D eigenvalue weighted by Crippen LogP contribution is 2.27. The van der Waals surface area contributed by atoms with Crippen molar-refractivity contribution in [2.24, 2.45) is 0 Å². The number of anilines is 1. The van der Waals surface area contributed by atoms with Gasteiger partial charge in [0.1, 0.15) is 6.54 Å². The molecule has 1 amide bonds. The van der Waals surface area contributed by atoms with Crippen molar-refractivity contribution in [1.82, 2.24) is 5.32 Å². The standard InChI is InChI=1S/C24H25ClN2O4S/c1-19-7-5-6-10-23(19)27(32(29,30)22-13-11-21(25)12-14-22)17-24(28)26-15-16-31-18-20-8-3-2-4-9-20/h2-14H,15-18H2,1H3,(H,26,28). The summed E-state index contributed by atoms with van der Waals surface area (Å²) in [6.07, 6.45) is 0. The second kappa shape index (κ2) is 11.1. The van der Waals surface area contributed by atoms with Crippen LogP contribution in [0.3, 0.4) is 0 Å². The Morgan fingerprint density at radius 1 is 0.969 bits per heavy atom. The zero-order valence-corrected chi connectivity index (χ0v) is 19.3. The molecule has 6 nitrogen and oxygen atoms in total. The molecule has 0 atom stereocenters. The first-order valence-corrected chi connectivity index (χ1v) is 11.9. The Hall–Kier alpha value is -2.87. The van der Waals surface area contributed by atoms with Crippen molar-refractivity contribution < 1.29 is 17.9 Å². The van der Waals surface area contributed by atoms with E-state index in [4.69, 9.17) is 16.3 Å². The molecule has 0 spiro atoms. The van der Waals surface area contributed by atoms with Gasteiger partial charge in [0.15, 0.2) is 0 Å². The Morgan fingerprint density at radius 2 is 1.62 bits per heavy atom. The van der Waals surface area contributed by atoms with E-state index in [9.17, 15) is 13.2 Å². The first kappa shape index (κ1) is 23.8. The van der Waals surface area contributed by atoms with Gasteiger partial charge in [-0.3, -0.25) is 9.10 Å². The van der Waals surface area contributed by atoms with Crippen LogP contribution in [0.25, 0.3) is 0 Å².